The molecule has 2 fully saturated rings. The van der Waals surface area contributed by atoms with E-state index >= 15 is 0 Å². The molecule has 0 spiro atoms. The van der Waals surface area contributed by atoms with Crippen molar-refractivity contribution >= 4 is 11.4 Å². The number of fused-ring (bicyclic) bond motifs is 1. The molecular weight excluding hydrogens is 560 g/mol. The summed E-state index contributed by atoms with van der Waals surface area (Å²) in [7, 11) is 0. The van der Waals surface area contributed by atoms with Crippen LogP contribution < -0.4 is 4.74 Å². The number of phenols is 2. The fourth-order valence-electron chi connectivity index (χ4n) is 5.48. The minimum absolute atomic E-state index is 0.0129. The van der Waals surface area contributed by atoms with Gasteiger partial charge < -0.3 is 65.3 Å². The van der Waals surface area contributed by atoms with Gasteiger partial charge in [-0.1, -0.05) is 12.1 Å². The molecule has 2 saturated heterocycles. The van der Waals surface area contributed by atoms with E-state index in [2.05, 4.69) is 0 Å². The predicted octanol–water partition coefficient (Wildman–Crippen LogP) is -2.39. The van der Waals surface area contributed by atoms with E-state index in [4.69, 9.17) is 14.2 Å². The molecule has 10 N–H and O–H groups in total. The fourth-order valence-corrected chi connectivity index (χ4v) is 5.48. The number of hydrogen-bond acceptors (Lipinski definition) is 14. The SMILES string of the molecule is O=C1C=C(c2ccc(O)cc2)Cc2cc(OC3OC(CO)C(O)C(O)C3O)c(C3OC(CO)C(O)C(O)C3O)c(O)c21. The molecule has 2 aromatic carbocycles. The number of aliphatic hydroxyl groups excluding tert-OH is 8. The van der Waals surface area contributed by atoms with Gasteiger partial charge in [0, 0.05) is 0 Å². The fraction of sp³-hybridized carbons (Fsp3) is 0.464. The predicted molar refractivity (Wildman–Crippen MR) is 139 cm³/mol. The Morgan fingerprint density at radius 1 is 0.786 bits per heavy atom. The van der Waals surface area contributed by atoms with Crippen LogP contribution in [0.2, 0.25) is 0 Å². The zero-order chi connectivity index (χ0) is 30.5. The Morgan fingerprint density at radius 3 is 2.00 bits per heavy atom. The molecule has 10 atom stereocenters. The zero-order valence-electron chi connectivity index (χ0n) is 22.0. The van der Waals surface area contributed by atoms with E-state index < -0.39 is 91.5 Å². The molecular formula is C28H32O14. The van der Waals surface area contributed by atoms with Gasteiger partial charge in [0.05, 0.1) is 24.3 Å². The Labute approximate surface area is 238 Å². The molecule has 0 radical (unpaired) electrons. The van der Waals surface area contributed by atoms with Gasteiger partial charge in [-0.3, -0.25) is 4.79 Å². The van der Waals surface area contributed by atoms with E-state index in [1.165, 1.54) is 24.3 Å². The quantitative estimate of drug-likeness (QED) is 0.168. The van der Waals surface area contributed by atoms with Gasteiger partial charge in [0.1, 0.15) is 72.2 Å². The lowest BCUT2D eigenvalue weighted by Gasteiger charge is -2.42. The Balaban J connectivity index is 1.61. The monoisotopic (exact) mass is 592 g/mol. The number of ketones is 1. The number of ether oxygens (including phenoxy) is 3. The average molecular weight is 593 g/mol. The number of carbonyl (C=O) groups excluding carboxylic acids is 1. The first kappa shape index (κ1) is 30.3. The smallest absolute Gasteiger partial charge is 0.229 e. The topological polar surface area (TPSA) is 247 Å². The van der Waals surface area contributed by atoms with E-state index in [1.807, 2.05) is 0 Å². The zero-order valence-corrected chi connectivity index (χ0v) is 22.0. The molecule has 228 valence electrons. The first-order valence-electron chi connectivity index (χ1n) is 13.2. The Kier molecular flexibility index (Phi) is 8.55. The van der Waals surface area contributed by atoms with Crippen molar-refractivity contribution in [1.82, 2.24) is 0 Å². The molecule has 2 aliphatic heterocycles. The van der Waals surface area contributed by atoms with Crippen LogP contribution in [0.25, 0.3) is 5.57 Å². The Morgan fingerprint density at radius 2 is 1.38 bits per heavy atom. The highest BCUT2D eigenvalue weighted by Gasteiger charge is 2.49. The highest BCUT2D eigenvalue weighted by Crippen LogP contribution is 2.47. The molecule has 14 heteroatoms. The van der Waals surface area contributed by atoms with Gasteiger partial charge in [0.2, 0.25) is 6.29 Å². The number of hydrogen-bond donors (Lipinski definition) is 10. The summed E-state index contributed by atoms with van der Waals surface area (Å²) in [6, 6.07) is 7.35. The van der Waals surface area contributed by atoms with E-state index in [-0.39, 0.29) is 29.0 Å². The molecule has 0 bridgehead atoms. The van der Waals surface area contributed by atoms with Crippen molar-refractivity contribution in [3.63, 3.8) is 0 Å². The molecule has 2 heterocycles. The first-order chi connectivity index (χ1) is 20.0. The van der Waals surface area contributed by atoms with Crippen LogP contribution in [0.4, 0.5) is 0 Å². The van der Waals surface area contributed by atoms with Gasteiger partial charge in [-0.15, -0.1) is 0 Å². The minimum Gasteiger partial charge on any atom is -0.508 e. The van der Waals surface area contributed by atoms with Gasteiger partial charge in [0.15, 0.2) is 5.78 Å². The number of benzene rings is 2. The van der Waals surface area contributed by atoms with Crippen LogP contribution in [0.1, 0.15) is 33.2 Å². The van der Waals surface area contributed by atoms with Crippen LogP contribution in [0, 0.1) is 0 Å². The molecule has 10 unspecified atom stereocenters. The summed E-state index contributed by atoms with van der Waals surface area (Å²) in [6.45, 7) is -1.54. The van der Waals surface area contributed by atoms with Gasteiger partial charge in [-0.25, -0.2) is 0 Å². The van der Waals surface area contributed by atoms with Crippen molar-refractivity contribution in [3.8, 4) is 17.2 Å². The third kappa shape index (κ3) is 5.26. The van der Waals surface area contributed by atoms with Gasteiger partial charge in [0.25, 0.3) is 0 Å². The highest BCUT2D eigenvalue weighted by molar-refractivity contribution is 6.14. The summed E-state index contributed by atoms with van der Waals surface area (Å²) >= 11 is 0. The molecule has 42 heavy (non-hydrogen) atoms. The third-order valence-corrected chi connectivity index (χ3v) is 7.82. The highest BCUT2D eigenvalue weighted by atomic mass is 16.7. The molecule has 14 nitrogen and oxygen atoms in total. The van der Waals surface area contributed by atoms with Crippen molar-refractivity contribution in [3.05, 3.63) is 58.7 Å². The Bertz CT molecular complexity index is 1340. The number of aromatic hydroxyl groups is 2. The molecule has 1 aliphatic carbocycles. The van der Waals surface area contributed by atoms with Crippen molar-refractivity contribution in [1.29, 1.82) is 0 Å². The van der Waals surface area contributed by atoms with Crippen molar-refractivity contribution in [2.24, 2.45) is 0 Å². The minimum atomic E-state index is -1.90. The van der Waals surface area contributed by atoms with E-state index in [0.717, 1.165) is 0 Å². The number of aliphatic hydroxyl groups is 8. The van der Waals surface area contributed by atoms with Crippen LogP contribution in [0.5, 0.6) is 17.2 Å². The molecule has 2 aromatic rings. The Hall–Kier alpha value is -3.15. The van der Waals surface area contributed by atoms with Gasteiger partial charge in [-0.2, -0.15) is 0 Å². The molecule has 0 saturated carbocycles. The van der Waals surface area contributed by atoms with Crippen molar-refractivity contribution in [2.45, 2.75) is 67.6 Å². The van der Waals surface area contributed by atoms with Crippen LogP contribution in [0.3, 0.4) is 0 Å². The van der Waals surface area contributed by atoms with Crippen molar-refractivity contribution in [2.75, 3.05) is 13.2 Å². The molecule has 3 aliphatic rings. The second-order valence-corrected chi connectivity index (χ2v) is 10.5. The van der Waals surface area contributed by atoms with Gasteiger partial charge in [-0.05, 0) is 47.4 Å². The maximum atomic E-state index is 13.3. The molecule has 0 amide bonds. The molecule has 5 rings (SSSR count). The largest absolute Gasteiger partial charge is 0.508 e. The second-order valence-electron chi connectivity index (χ2n) is 10.5. The van der Waals surface area contributed by atoms with Gasteiger partial charge >= 0.3 is 0 Å². The number of phenolic OH excluding ortho intramolecular Hbond substituents is 2. The van der Waals surface area contributed by atoms with Crippen LogP contribution >= 0.6 is 0 Å². The first-order valence-corrected chi connectivity index (χ1v) is 13.2. The summed E-state index contributed by atoms with van der Waals surface area (Å²) in [4.78, 5) is 13.3. The van der Waals surface area contributed by atoms with E-state index in [1.54, 1.807) is 12.1 Å². The summed E-state index contributed by atoms with van der Waals surface area (Å²) < 4.78 is 16.9. The lowest BCUT2D eigenvalue weighted by atomic mass is 9.83. The maximum Gasteiger partial charge on any atom is 0.229 e. The normalized spacial score (nSPS) is 35.0. The third-order valence-electron chi connectivity index (χ3n) is 7.82. The summed E-state index contributed by atoms with van der Waals surface area (Å²) in [5.41, 5.74) is 0.770. The van der Waals surface area contributed by atoms with Crippen molar-refractivity contribution < 1.29 is 70.1 Å². The molecule has 0 aromatic heterocycles. The van der Waals surface area contributed by atoms with Crippen LogP contribution in [0.15, 0.2) is 36.4 Å². The summed E-state index contributed by atoms with van der Waals surface area (Å²) in [5, 5.41) is 103. The number of carbonyl (C=O) groups is 1. The van der Waals surface area contributed by atoms with Crippen LogP contribution in [-0.4, -0.2) is 125 Å². The summed E-state index contributed by atoms with van der Waals surface area (Å²) in [5.74, 6) is -1.68. The number of rotatable bonds is 6. The number of allylic oxidation sites excluding steroid dienone is 2. The lowest BCUT2D eigenvalue weighted by molar-refractivity contribution is -0.278. The second kappa shape index (κ2) is 11.9. The standard InChI is InChI=1S/C28H32O14/c29-8-16-20(33)23(36)25(38)27(40-16)19-15(41-28-26(39)24(37)21(34)17(9-30)42-28)7-12-5-11(6-14(32)18(12)22(19)35)10-1-3-13(31)4-2-10/h1-4,6-7,16-17,20-21,23-31,33-39H,5,8-9H2. The van der Waals surface area contributed by atoms with E-state index in [9.17, 15) is 55.9 Å². The average Bonchev–Trinajstić information content (AvgIpc) is 2.97. The van der Waals surface area contributed by atoms with Crippen LogP contribution in [-0.2, 0) is 15.9 Å². The van der Waals surface area contributed by atoms with E-state index in [0.29, 0.717) is 11.1 Å². The maximum absolute atomic E-state index is 13.3. The summed E-state index contributed by atoms with van der Waals surface area (Å²) in [6.07, 6.45) is -15.7. The lowest BCUT2D eigenvalue weighted by Crippen LogP contribution is -2.60.